The highest BCUT2D eigenvalue weighted by Gasteiger charge is 2.21. The third-order valence-electron chi connectivity index (χ3n) is 10.1. The van der Waals surface area contributed by atoms with Gasteiger partial charge in [-0.2, -0.15) is 0 Å². The van der Waals surface area contributed by atoms with Gasteiger partial charge in [-0.3, -0.25) is 20.0 Å². The number of aromatic carboxylic acids is 2. The van der Waals surface area contributed by atoms with E-state index in [1.54, 1.807) is 17.0 Å². The first-order valence-electron chi connectivity index (χ1n) is 20.9. The summed E-state index contributed by atoms with van der Waals surface area (Å²) < 4.78 is 23.5. The van der Waals surface area contributed by atoms with Gasteiger partial charge in [-0.15, -0.1) is 0 Å². The fourth-order valence-electron chi connectivity index (χ4n) is 6.93. The van der Waals surface area contributed by atoms with Gasteiger partial charge in [0.25, 0.3) is 0 Å². The second-order valence-electron chi connectivity index (χ2n) is 14.7. The lowest BCUT2D eigenvalue weighted by atomic mass is 10.0. The molecule has 334 valence electrons. The Morgan fingerprint density at radius 2 is 1.27 bits per heavy atom. The number of carbonyl (C=O) groups is 3. The molecule has 2 aromatic heterocycles. The van der Waals surface area contributed by atoms with E-state index < -0.39 is 11.9 Å². The molecule has 18 heteroatoms. The van der Waals surface area contributed by atoms with Gasteiger partial charge in [0.15, 0.2) is 5.11 Å². The first kappa shape index (κ1) is 46.8. The highest BCUT2D eigenvalue weighted by molar-refractivity contribution is 7.80. The third-order valence-corrected chi connectivity index (χ3v) is 10.3. The molecule has 4 aromatic rings. The molecule has 0 atom stereocenters. The van der Waals surface area contributed by atoms with Crippen molar-refractivity contribution < 1.29 is 43.5 Å². The Bertz CT molecular complexity index is 2170. The van der Waals surface area contributed by atoms with Crippen LogP contribution in [0.4, 0.5) is 11.5 Å². The van der Waals surface area contributed by atoms with Crippen molar-refractivity contribution in [3.05, 3.63) is 118 Å². The number of thiocarbonyl (C=S) groups is 1. The van der Waals surface area contributed by atoms with Crippen molar-refractivity contribution >= 4 is 58.8 Å². The summed E-state index contributed by atoms with van der Waals surface area (Å²) in [7, 11) is 0. The number of rotatable bonds is 11. The summed E-state index contributed by atoms with van der Waals surface area (Å²) in [5.74, 6) is -2.00. The summed E-state index contributed by atoms with van der Waals surface area (Å²) in [5.41, 5.74) is 11.0. The molecule has 1 saturated heterocycles. The first-order valence-corrected chi connectivity index (χ1v) is 21.3. The average molecular weight is 883 g/mol. The van der Waals surface area contributed by atoms with E-state index in [-0.39, 0.29) is 41.1 Å². The Morgan fingerprint density at radius 1 is 0.667 bits per heavy atom. The van der Waals surface area contributed by atoms with Gasteiger partial charge < -0.3 is 39.4 Å². The number of anilines is 2. The predicted octanol–water partition coefficient (Wildman–Crippen LogP) is 4.16. The zero-order valence-electron chi connectivity index (χ0n) is 35.1. The van der Waals surface area contributed by atoms with E-state index in [0.29, 0.717) is 110 Å². The maximum Gasteiger partial charge on any atom is 0.354 e. The van der Waals surface area contributed by atoms with Crippen molar-refractivity contribution in [2.45, 2.75) is 26.1 Å². The smallest absolute Gasteiger partial charge is 0.354 e. The van der Waals surface area contributed by atoms with Crippen LogP contribution in [0.3, 0.4) is 0 Å². The van der Waals surface area contributed by atoms with E-state index in [9.17, 15) is 24.6 Å². The standard InChI is InChI=1S/C45H54N8O9S/c54-42(53-30-35-8-2-1-6-33(35)12-13-34-7-3-4-11-40(34)53)14-15-46-50-45(63)49-41-29-36(43(55)56)28-38(48-41)32-52-18-22-61-26-24-59-20-16-51(17-21-60-25-27-62-23-19-52)31-37-9-5-10-39(47-37)44(57)58/h1-13,28-29,46H,14-27,30-32H2,(H,55,56)(H,57,58)(H2,48,49,50,63)/b13-12-. The second-order valence-corrected chi connectivity index (χ2v) is 15.1. The number of hydrogen-bond donors (Lipinski definition) is 5. The summed E-state index contributed by atoms with van der Waals surface area (Å²) >= 11 is 5.50. The van der Waals surface area contributed by atoms with Crippen molar-refractivity contribution in [2.24, 2.45) is 0 Å². The van der Waals surface area contributed by atoms with Crippen molar-refractivity contribution in [1.29, 1.82) is 0 Å². The van der Waals surface area contributed by atoms with E-state index in [4.69, 9.17) is 31.2 Å². The van der Waals surface area contributed by atoms with Crippen LogP contribution in [-0.2, 0) is 43.4 Å². The Morgan fingerprint density at radius 3 is 1.92 bits per heavy atom. The van der Waals surface area contributed by atoms with E-state index in [1.165, 1.54) is 18.2 Å². The topological polar surface area (TPSA) is 200 Å². The molecule has 0 radical (unpaired) electrons. The van der Waals surface area contributed by atoms with E-state index in [2.05, 4.69) is 42.0 Å². The molecular weight excluding hydrogens is 829 g/mol. The highest BCUT2D eigenvalue weighted by Crippen LogP contribution is 2.29. The Kier molecular flexibility index (Phi) is 18.4. The van der Waals surface area contributed by atoms with Crippen molar-refractivity contribution in [1.82, 2.24) is 30.6 Å². The minimum absolute atomic E-state index is 0.00168. The van der Waals surface area contributed by atoms with Gasteiger partial charge in [-0.25, -0.2) is 25.0 Å². The van der Waals surface area contributed by atoms with Gasteiger partial charge in [0.1, 0.15) is 11.5 Å². The molecule has 0 spiro atoms. The first-order chi connectivity index (χ1) is 30.7. The molecule has 0 unspecified atom stereocenters. The fourth-order valence-corrected chi connectivity index (χ4v) is 7.10. The van der Waals surface area contributed by atoms with Crippen LogP contribution in [0.5, 0.6) is 0 Å². The van der Waals surface area contributed by atoms with Gasteiger partial charge in [-0.1, -0.05) is 60.7 Å². The quantitative estimate of drug-likeness (QED) is 0.0817. The number of ether oxygens (including phenoxy) is 4. The molecular formula is C45H54N8O9S. The Balaban J connectivity index is 0.976. The van der Waals surface area contributed by atoms with Crippen LogP contribution in [0.1, 0.15) is 55.3 Å². The highest BCUT2D eigenvalue weighted by atomic mass is 32.1. The molecule has 5 N–H and O–H groups in total. The monoisotopic (exact) mass is 882 g/mol. The Hall–Kier alpha value is -5.70. The number of carboxylic acids is 2. The lowest BCUT2D eigenvalue weighted by Gasteiger charge is -2.27. The largest absolute Gasteiger partial charge is 0.478 e. The number of carbonyl (C=O) groups excluding carboxylic acids is 1. The fraction of sp³-hybridized carbons (Fsp3) is 0.378. The van der Waals surface area contributed by atoms with E-state index in [1.807, 2.05) is 54.6 Å². The van der Waals surface area contributed by atoms with Crippen LogP contribution in [-0.4, -0.2) is 139 Å². The Labute approximate surface area is 372 Å². The number of nitrogens with zero attached hydrogens (tertiary/aromatic N) is 5. The number of pyridine rings is 2. The number of nitrogens with one attached hydrogen (secondary N) is 3. The number of carboxylic acid groups (broad SMARTS) is 2. The zero-order chi connectivity index (χ0) is 44.2. The summed E-state index contributed by atoms with van der Waals surface area (Å²) in [5, 5.41) is 22.4. The van der Waals surface area contributed by atoms with Crippen molar-refractivity contribution in [2.75, 3.05) is 95.8 Å². The van der Waals surface area contributed by atoms with Crippen LogP contribution in [0.2, 0.25) is 0 Å². The summed E-state index contributed by atoms with van der Waals surface area (Å²) in [6.07, 6.45) is 4.29. The number of benzene rings is 2. The van der Waals surface area contributed by atoms with Gasteiger partial charge in [-0.05, 0) is 59.2 Å². The normalized spacial score (nSPS) is 16.8. The van der Waals surface area contributed by atoms with E-state index in [0.717, 1.165) is 22.4 Å². The molecule has 0 bridgehead atoms. The third kappa shape index (κ3) is 15.3. The van der Waals surface area contributed by atoms with Crippen LogP contribution in [0.15, 0.2) is 78.9 Å². The summed E-state index contributed by atoms with van der Waals surface area (Å²) in [6, 6.07) is 23.7. The number of hydrazine groups is 1. The molecule has 0 saturated carbocycles. The molecule has 0 aliphatic carbocycles. The molecule has 63 heavy (non-hydrogen) atoms. The molecule has 1 fully saturated rings. The van der Waals surface area contributed by atoms with Crippen LogP contribution >= 0.6 is 12.2 Å². The zero-order valence-corrected chi connectivity index (χ0v) is 35.9. The number of aromatic nitrogens is 2. The maximum atomic E-state index is 13.6. The molecule has 2 aromatic carbocycles. The van der Waals surface area contributed by atoms with Gasteiger partial charge >= 0.3 is 11.9 Å². The summed E-state index contributed by atoms with van der Waals surface area (Å²) in [4.78, 5) is 52.1. The van der Waals surface area contributed by atoms with Crippen LogP contribution in [0.25, 0.3) is 12.2 Å². The minimum Gasteiger partial charge on any atom is -0.478 e. The molecule has 2 aliphatic heterocycles. The lowest BCUT2D eigenvalue weighted by Crippen LogP contribution is -2.42. The van der Waals surface area contributed by atoms with Gasteiger partial charge in [0, 0.05) is 52.2 Å². The molecule has 4 heterocycles. The lowest BCUT2D eigenvalue weighted by molar-refractivity contribution is -0.118. The van der Waals surface area contributed by atoms with Crippen molar-refractivity contribution in [3.8, 4) is 0 Å². The number of fused-ring (bicyclic) bond motifs is 2. The molecule has 17 nitrogen and oxygen atoms in total. The number of amides is 1. The van der Waals surface area contributed by atoms with Gasteiger partial charge in [0.2, 0.25) is 5.91 Å². The molecule has 1 amide bonds. The van der Waals surface area contributed by atoms with E-state index >= 15 is 0 Å². The van der Waals surface area contributed by atoms with Crippen LogP contribution in [0, 0.1) is 0 Å². The summed E-state index contributed by atoms with van der Waals surface area (Å²) in [6.45, 7) is 6.89. The number of hydrogen-bond acceptors (Lipinski definition) is 13. The second kappa shape index (κ2) is 24.8. The molecule has 2 aliphatic rings. The maximum absolute atomic E-state index is 13.6. The SMILES string of the molecule is O=C(O)c1cc(CN2CCOCCOCCN(Cc3cccc(C(=O)O)n3)CCOCCOCC2)nc(NC(=S)NNCCC(=O)N2Cc3ccccc3/C=C\c3ccccc32)c1. The van der Waals surface area contributed by atoms with Crippen LogP contribution < -0.4 is 21.1 Å². The number of para-hydroxylation sites is 1. The van der Waals surface area contributed by atoms with Gasteiger partial charge in [0.05, 0.1) is 82.0 Å². The predicted molar refractivity (Wildman–Crippen MR) is 241 cm³/mol. The minimum atomic E-state index is -1.11. The molecule has 6 rings (SSSR count). The average Bonchev–Trinajstić information content (AvgIpc) is 3.27. The van der Waals surface area contributed by atoms with Crippen molar-refractivity contribution in [3.63, 3.8) is 0 Å².